The molecule has 2 N–H and O–H groups in total. The SMILES string of the molecule is Cc1cc(OCCN)ccc1-c1ccccc1.Cl. The third-order valence-electron chi connectivity index (χ3n) is 2.67. The van der Waals surface area contributed by atoms with E-state index in [4.69, 9.17) is 10.5 Å². The largest absolute Gasteiger partial charge is 0.492 e. The normalized spacial score (nSPS) is 9.67. The molecular weight excluding hydrogens is 246 g/mol. The summed E-state index contributed by atoms with van der Waals surface area (Å²) in [6.45, 7) is 3.20. The van der Waals surface area contributed by atoms with Crippen LogP contribution in [0.2, 0.25) is 0 Å². The predicted molar refractivity (Wildman–Crippen MR) is 78.4 cm³/mol. The number of ether oxygens (including phenoxy) is 1. The van der Waals surface area contributed by atoms with Gasteiger partial charge in [0.1, 0.15) is 12.4 Å². The highest BCUT2D eigenvalue weighted by atomic mass is 35.5. The second-order valence-electron chi connectivity index (χ2n) is 3.98. The van der Waals surface area contributed by atoms with E-state index in [9.17, 15) is 0 Å². The van der Waals surface area contributed by atoms with Gasteiger partial charge < -0.3 is 10.5 Å². The van der Waals surface area contributed by atoms with Crippen molar-refractivity contribution < 1.29 is 4.74 Å². The van der Waals surface area contributed by atoms with Crippen molar-refractivity contribution in [3.63, 3.8) is 0 Å². The number of hydrogen-bond acceptors (Lipinski definition) is 2. The summed E-state index contributed by atoms with van der Waals surface area (Å²) in [7, 11) is 0. The number of rotatable bonds is 4. The van der Waals surface area contributed by atoms with Crippen LogP contribution in [0.25, 0.3) is 11.1 Å². The highest BCUT2D eigenvalue weighted by Gasteiger charge is 2.02. The van der Waals surface area contributed by atoms with Gasteiger partial charge in [-0.25, -0.2) is 0 Å². The Kier molecular flexibility index (Phi) is 5.69. The van der Waals surface area contributed by atoms with Crippen LogP contribution in [0.4, 0.5) is 0 Å². The first kappa shape index (κ1) is 14.6. The fraction of sp³-hybridized carbons (Fsp3) is 0.200. The molecule has 0 aliphatic carbocycles. The van der Waals surface area contributed by atoms with Gasteiger partial charge in [0.25, 0.3) is 0 Å². The van der Waals surface area contributed by atoms with Crippen LogP contribution < -0.4 is 10.5 Å². The van der Waals surface area contributed by atoms with Gasteiger partial charge in [-0.1, -0.05) is 36.4 Å². The Bertz CT molecular complexity index is 485. The Balaban J connectivity index is 0.00000162. The maximum atomic E-state index is 5.50. The summed E-state index contributed by atoms with van der Waals surface area (Å²) in [6, 6.07) is 16.5. The van der Waals surface area contributed by atoms with Crippen LogP contribution in [0.3, 0.4) is 0 Å². The molecular formula is C15H18ClNO. The van der Waals surface area contributed by atoms with Gasteiger partial charge in [-0.05, 0) is 35.7 Å². The Hall–Kier alpha value is -1.51. The van der Waals surface area contributed by atoms with E-state index < -0.39 is 0 Å². The summed E-state index contributed by atoms with van der Waals surface area (Å²) in [4.78, 5) is 0. The molecule has 2 aromatic carbocycles. The Morgan fingerprint density at radius 2 is 1.78 bits per heavy atom. The van der Waals surface area contributed by atoms with Crippen molar-refractivity contribution in [3.8, 4) is 16.9 Å². The standard InChI is InChI=1S/C15H17NO.ClH/c1-12-11-14(17-10-9-16)7-8-15(12)13-5-3-2-4-6-13;/h2-8,11H,9-10,16H2,1H3;1H. The smallest absolute Gasteiger partial charge is 0.119 e. The van der Waals surface area contributed by atoms with Crippen LogP contribution in [0.1, 0.15) is 5.56 Å². The Labute approximate surface area is 114 Å². The molecule has 18 heavy (non-hydrogen) atoms. The third-order valence-corrected chi connectivity index (χ3v) is 2.67. The van der Waals surface area contributed by atoms with Crippen LogP contribution in [-0.4, -0.2) is 13.2 Å². The van der Waals surface area contributed by atoms with Gasteiger partial charge in [0, 0.05) is 6.54 Å². The molecule has 0 saturated heterocycles. The molecule has 0 aliphatic rings. The molecule has 0 radical (unpaired) electrons. The lowest BCUT2D eigenvalue weighted by Gasteiger charge is -2.09. The molecule has 0 amide bonds. The van der Waals surface area contributed by atoms with Gasteiger partial charge in [0.15, 0.2) is 0 Å². The van der Waals surface area contributed by atoms with Gasteiger partial charge in [0.2, 0.25) is 0 Å². The number of nitrogens with two attached hydrogens (primary N) is 1. The first-order chi connectivity index (χ1) is 8.31. The van der Waals surface area contributed by atoms with Gasteiger partial charge in [0.05, 0.1) is 0 Å². The molecule has 3 heteroatoms. The van der Waals surface area contributed by atoms with Gasteiger partial charge in [-0.3, -0.25) is 0 Å². The van der Waals surface area contributed by atoms with Crippen molar-refractivity contribution in [2.75, 3.05) is 13.2 Å². The zero-order valence-electron chi connectivity index (χ0n) is 10.4. The molecule has 96 valence electrons. The molecule has 0 fully saturated rings. The predicted octanol–water partition coefficient (Wildman–Crippen LogP) is 3.42. The highest BCUT2D eigenvalue weighted by molar-refractivity contribution is 5.85. The van der Waals surface area contributed by atoms with Crippen LogP contribution in [0.5, 0.6) is 5.75 Å². The van der Waals surface area contributed by atoms with Crippen LogP contribution in [0, 0.1) is 6.92 Å². The minimum atomic E-state index is 0. The molecule has 2 aromatic rings. The number of hydrogen-bond donors (Lipinski definition) is 1. The Morgan fingerprint density at radius 1 is 1.06 bits per heavy atom. The fourth-order valence-corrected chi connectivity index (χ4v) is 1.84. The molecule has 0 aliphatic heterocycles. The minimum Gasteiger partial charge on any atom is -0.492 e. The maximum Gasteiger partial charge on any atom is 0.119 e. The summed E-state index contributed by atoms with van der Waals surface area (Å²) in [5.74, 6) is 0.882. The summed E-state index contributed by atoms with van der Waals surface area (Å²) in [5, 5.41) is 0. The van der Waals surface area contributed by atoms with Crippen molar-refractivity contribution in [2.24, 2.45) is 5.73 Å². The van der Waals surface area contributed by atoms with E-state index in [1.807, 2.05) is 24.3 Å². The molecule has 0 saturated carbocycles. The molecule has 2 rings (SSSR count). The minimum absolute atomic E-state index is 0. The molecule has 0 spiro atoms. The highest BCUT2D eigenvalue weighted by Crippen LogP contribution is 2.26. The molecule has 0 atom stereocenters. The fourth-order valence-electron chi connectivity index (χ4n) is 1.84. The molecule has 0 aromatic heterocycles. The van der Waals surface area contributed by atoms with Crippen LogP contribution in [0.15, 0.2) is 48.5 Å². The first-order valence-corrected chi connectivity index (χ1v) is 5.80. The van der Waals surface area contributed by atoms with Crippen molar-refractivity contribution in [3.05, 3.63) is 54.1 Å². The number of halogens is 1. The van der Waals surface area contributed by atoms with Crippen molar-refractivity contribution in [1.29, 1.82) is 0 Å². The van der Waals surface area contributed by atoms with Crippen LogP contribution in [-0.2, 0) is 0 Å². The summed E-state index contributed by atoms with van der Waals surface area (Å²) in [6.07, 6.45) is 0. The van der Waals surface area contributed by atoms with E-state index in [1.165, 1.54) is 16.7 Å². The lowest BCUT2D eigenvalue weighted by atomic mass is 10.0. The second-order valence-corrected chi connectivity index (χ2v) is 3.98. The molecule has 0 unspecified atom stereocenters. The van der Waals surface area contributed by atoms with E-state index >= 15 is 0 Å². The van der Waals surface area contributed by atoms with E-state index in [1.54, 1.807) is 0 Å². The van der Waals surface area contributed by atoms with E-state index in [0.29, 0.717) is 13.2 Å². The number of benzene rings is 2. The lowest BCUT2D eigenvalue weighted by Crippen LogP contribution is -2.10. The van der Waals surface area contributed by atoms with Crippen molar-refractivity contribution in [2.45, 2.75) is 6.92 Å². The van der Waals surface area contributed by atoms with Gasteiger partial charge >= 0.3 is 0 Å². The van der Waals surface area contributed by atoms with Crippen LogP contribution >= 0.6 is 12.4 Å². The topological polar surface area (TPSA) is 35.2 Å². The maximum absolute atomic E-state index is 5.50. The first-order valence-electron chi connectivity index (χ1n) is 5.80. The summed E-state index contributed by atoms with van der Waals surface area (Å²) < 4.78 is 5.50. The third kappa shape index (κ3) is 3.49. The average molecular weight is 264 g/mol. The average Bonchev–Trinajstić information content (AvgIpc) is 2.37. The van der Waals surface area contributed by atoms with E-state index in [0.717, 1.165) is 5.75 Å². The Morgan fingerprint density at radius 3 is 2.39 bits per heavy atom. The zero-order valence-corrected chi connectivity index (χ0v) is 11.2. The van der Waals surface area contributed by atoms with Gasteiger partial charge in [-0.2, -0.15) is 0 Å². The van der Waals surface area contributed by atoms with Gasteiger partial charge in [-0.15, -0.1) is 12.4 Å². The van der Waals surface area contributed by atoms with E-state index in [2.05, 4.69) is 31.2 Å². The lowest BCUT2D eigenvalue weighted by molar-refractivity contribution is 0.328. The second kappa shape index (κ2) is 7.04. The zero-order chi connectivity index (χ0) is 12.1. The molecule has 2 nitrogen and oxygen atoms in total. The number of aryl methyl sites for hydroxylation is 1. The quantitative estimate of drug-likeness (QED) is 0.917. The molecule has 0 bridgehead atoms. The van der Waals surface area contributed by atoms with Crippen molar-refractivity contribution in [1.82, 2.24) is 0 Å². The molecule has 0 heterocycles. The summed E-state index contributed by atoms with van der Waals surface area (Å²) >= 11 is 0. The summed E-state index contributed by atoms with van der Waals surface area (Å²) in [5.41, 5.74) is 9.10. The van der Waals surface area contributed by atoms with E-state index in [-0.39, 0.29) is 12.4 Å². The monoisotopic (exact) mass is 263 g/mol. The van der Waals surface area contributed by atoms with Crippen molar-refractivity contribution >= 4 is 12.4 Å².